The van der Waals surface area contributed by atoms with Gasteiger partial charge in [-0.25, -0.2) is 9.97 Å². The number of aromatic nitrogens is 2. The normalized spacial score (nSPS) is 23.2. The molecule has 0 bridgehead atoms. The molecule has 114 valence electrons. The number of piperidine rings is 1. The quantitative estimate of drug-likeness (QED) is 0.836. The zero-order valence-corrected chi connectivity index (χ0v) is 12.1. The van der Waals surface area contributed by atoms with Crippen LogP contribution in [0.2, 0.25) is 0 Å². The lowest BCUT2D eigenvalue weighted by molar-refractivity contribution is -0.134. The highest BCUT2D eigenvalue weighted by Crippen LogP contribution is 2.20. The van der Waals surface area contributed by atoms with Gasteiger partial charge in [-0.2, -0.15) is 0 Å². The standard InChI is InChI=1S/C15H21N3O3/c19-14(10-12-4-9-20-11-12)18-7-2-13(3-8-18)21-15-16-5-1-6-17-15/h1,5-6,12-13H,2-4,7-11H2. The van der Waals surface area contributed by atoms with Crippen LogP contribution >= 0.6 is 0 Å². The van der Waals surface area contributed by atoms with Crippen LogP contribution in [0, 0.1) is 5.92 Å². The van der Waals surface area contributed by atoms with Crippen molar-refractivity contribution in [3.8, 4) is 6.01 Å². The number of hydrogen-bond donors (Lipinski definition) is 0. The molecular weight excluding hydrogens is 270 g/mol. The third kappa shape index (κ3) is 3.91. The molecule has 2 fully saturated rings. The zero-order chi connectivity index (χ0) is 14.5. The summed E-state index contributed by atoms with van der Waals surface area (Å²) >= 11 is 0. The summed E-state index contributed by atoms with van der Waals surface area (Å²) in [6.07, 6.45) is 6.75. The van der Waals surface area contributed by atoms with Gasteiger partial charge < -0.3 is 14.4 Å². The second-order valence-corrected chi connectivity index (χ2v) is 5.66. The lowest BCUT2D eigenvalue weighted by atomic mass is 10.0. The van der Waals surface area contributed by atoms with Crippen LogP contribution in [0.15, 0.2) is 18.5 Å². The van der Waals surface area contributed by atoms with Crippen molar-refractivity contribution in [2.24, 2.45) is 5.92 Å². The Hall–Kier alpha value is -1.69. The van der Waals surface area contributed by atoms with Gasteiger partial charge in [0.1, 0.15) is 6.10 Å². The first-order chi connectivity index (χ1) is 10.3. The molecule has 3 rings (SSSR count). The number of likely N-dealkylation sites (tertiary alicyclic amines) is 1. The van der Waals surface area contributed by atoms with Crippen molar-refractivity contribution < 1.29 is 14.3 Å². The predicted molar refractivity (Wildman–Crippen MR) is 75.8 cm³/mol. The Morgan fingerprint density at radius 3 is 2.71 bits per heavy atom. The molecule has 1 aromatic heterocycles. The van der Waals surface area contributed by atoms with E-state index in [2.05, 4.69) is 9.97 Å². The highest BCUT2D eigenvalue weighted by atomic mass is 16.5. The largest absolute Gasteiger partial charge is 0.460 e. The van der Waals surface area contributed by atoms with E-state index in [0.717, 1.165) is 45.6 Å². The van der Waals surface area contributed by atoms with Crippen molar-refractivity contribution in [1.82, 2.24) is 14.9 Å². The zero-order valence-electron chi connectivity index (χ0n) is 12.1. The van der Waals surface area contributed by atoms with Crippen molar-refractivity contribution in [3.63, 3.8) is 0 Å². The van der Waals surface area contributed by atoms with E-state index in [4.69, 9.17) is 9.47 Å². The van der Waals surface area contributed by atoms with Gasteiger partial charge in [-0.05, 0) is 18.4 Å². The van der Waals surface area contributed by atoms with Gasteiger partial charge in [-0.1, -0.05) is 0 Å². The maximum Gasteiger partial charge on any atom is 0.316 e. The Balaban J connectivity index is 1.43. The van der Waals surface area contributed by atoms with Gasteiger partial charge in [0.25, 0.3) is 0 Å². The van der Waals surface area contributed by atoms with E-state index in [-0.39, 0.29) is 12.0 Å². The molecule has 1 aromatic rings. The number of carbonyl (C=O) groups excluding carboxylic acids is 1. The van der Waals surface area contributed by atoms with Crippen LogP contribution in [0.5, 0.6) is 6.01 Å². The average Bonchev–Trinajstić information content (AvgIpc) is 3.02. The highest BCUT2D eigenvalue weighted by molar-refractivity contribution is 5.76. The maximum atomic E-state index is 12.2. The summed E-state index contributed by atoms with van der Waals surface area (Å²) in [6.45, 7) is 3.04. The molecule has 2 aliphatic heterocycles. The summed E-state index contributed by atoms with van der Waals surface area (Å²) in [5.74, 6) is 0.657. The first-order valence-corrected chi connectivity index (χ1v) is 7.60. The molecule has 1 atom stereocenters. The van der Waals surface area contributed by atoms with Gasteiger partial charge in [-0.15, -0.1) is 0 Å². The van der Waals surface area contributed by atoms with Crippen molar-refractivity contribution in [1.29, 1.82) is 0 Å². The molecule has 0 spiro atoms. The number of amides is 1. The molecule has 0 N–H and O–H groups in total. The number of ether oxygens (including phenoxy) is 2. The molecule has 6 heteroatoms. The van der Waals surface area contributed by atoms with Crippen LogP contribution in [-0.2, 0) is 9.53 Å². The fourth-order valence-electron chi connectivity index (χ4n) is 2.84. The third-order valence-corrected chi connectivity index (χ3v) is 4.10. The SMILES string of the molecule is O=C(CC1CCOC1)N1CCC(Oc2ncccn2)CC1. The van der Waals surface area contributed by atoms with Crippen molar-refractivity contribution in [2.45, 2.75) is 31.8 Å². The molecule has 0 radical (unpaired) electrons. The number of nitrogens with zero attached hydrogens (tertiary/aromatic N) is 3. The van der Waals surface area contributed by atoms with Crippen LogP contribution in [-0.4, -0.2) is 53.2 Å². The fraction of sp³-hybridized carbons (Fsp3) is 0.667. The van der Waals surface area contributed by atoms with Crippen molar-refractivity contribution >= 4 is 5.91 Å². The molecule has 21 heavy (non-hydrogen) atoms. The number of hydrogen-bond acceptors (Lipinski definition) is 5. The van der Waals surface area contributed by atoms with Crippen LogP contribution in [0.3, 0.4) is 0 Å². The van der Waals surface area contributed by atoms with Crippen molar-refractivity contribution in [2.75, 3.05) is 26.3 Å². The van der Waals surface area contributed by atoms with Gasteiger partial charge in [0.15, 0.2) is 0 Å². The van der Waals surface area contributed by atoms with Gasteiger partial charge in [-0.3, -0.25) is 4.79 Å². The molecule has 2 saturated heterocycles. The Morgan fingerprint density at radius 2 is 2.05 bits per heavy atom. The molecule has 0 aromatic carbocycles. The first kappa shape index (κ1) is 14.3. The second kappa shape index (κ2) is 6.85. The number of carbonyl (C=O) groups is 1. The maximum absolute atomic E-state index is 12.2. The lowest BCUT2D eigenvalue weighted by Crippen LogP contribution is -2.42. The Kier molecular flexibility index (Phi) is 4.65. The topological polar surface area (TPSA) is 64.5 Å². The summed E-state index contributed by atoms with van der Waals surface area (Å²) in [5.41, 5.74) is 0. The fourth-order valence-corrected chi connectivity index (χ4v) is 2.84. The predicted octanol–water partition coefficient (Wildman–Crippen LogP) is 1.27. The summed E-state index contributed by atoms with van der Waals surface area (Å²) < 4.78 is 11.1. The van der Waals surface area contributed by atoms with E-state index >= 15 is 0 Å². The van der Waals surface area contributed by atoms with E-state index in [1.165, 1.54) is 0 Å². The molecule has 1 unspecified atom stereocenters. The smallest absolute Gasteiger partial charge is 0.316 e. The van der Waals surface area contributed by atoms with Gasteiger partial charge in [0, 0.05) is 58.0 Å². The monoisotopic (exact) mass is 291 g/mol. The first-order valence-electron chi connectivity index (χ1n) is 7.60. The van der Waals surface area contributed by atoms with Crippen molar-refractivity contribution in [3.05, 3.63) is 18.5 Å². The molecular formula is C15H21N3O3. The van der Waals surface area contributed by atoms with E-state index < -0.39 is 0 Å². The average molecular weight is 291 g/mol. The minimum Gasteiger partial charge on any atom is -0.460 e. The van der Waals surface area contributed by atoms with Crippen LogP contribution in [0.1, 0.15) is 25.7 Å². The molecule has 1 amide bonds. The van der Waals surface area contributed by atoms with Gasteiger partial charge in [0.2, 0.25) is 5.91 Å². The minimum absolute atomic E-state index is 0.103. The molecule has 2 aliphatic rings. The molecule has 0 aliphatic carbocycles. The van der Waals surface area contributed by atoms with Crippen LogP contribution in [0.4, 0.5) is 0 Å². The molecule has 3 heterocycles. The molecule has 0 saturated carbocycles. The lowest BCUT2D eigenvalue weighted by Gasteiger charge is -2.32. The van der Waals surface area contributed by atoms with E-state index in [9.17, 15) is 4.79 Å². The second-order valence-electron chi connectivity index (χ2n) is 5.66. The molecule has 6 nitrogen and oxygen atoms in total. The Labute approximate surface area is 124 Å². The third-order valence-electron chi connectivity index (χ3n) is 4.10. The van der Waals surface area contributed by atoms with Gasteiger partial charge >= 0.3 is 6.01 Å². The van der Waals surface area contributed by atoms with E-state index in [1.54, 1.807) is 18.5 Å². The van der Waals surface area contributed by atoms with Crippen LogP contribution < -0.4 is 4.74 Å². The highest BCUT2D eigenvalue weighted by Gasteiger charge is 2.27. The summed E-state index contributed by atoms with van der Waals surface area (Å²) in [5, 5.41) is 0. The van der Waals surface area contributed by atoms with E-state index in [0.29, 0.717) is 18.3 Å². The summed E-state index contributed by atoms with van der Waals surface area (Å²) in [6, 6.07) is 2.19. The van der Waals surface area contributed by atoms with Gasteiger partial charge in [0.05, 0.1) is 0 Å². The number of rotatable bonds is 4. The Bertz CT molecular complexity index is 454. The van der Waals surface area contributed by atoms with E-state index in [1.807, 2.05) is 4.90 Å². The minimum atomic E-state index is 0.103. The van der Waals surface area contributed by atoms with Crippen LogP contribution in [0.25, 0.3) is 0 Å². The Morgan fingerprint density at radius 1 is 1.29 bits per heavy atom. The summed E-state index contributed by atoms with van der Waals surface area (Å²) in [4.78, 5) is 22.3. The summed E-state index contributed by atoms with van der Waals surface area (Å²) in [7, 11) is 0.